The van der Waals surface area contributed by atoms with E-state index in [1.807, 2.05) is 24.3 Å². The molecule has 2 aromatic rings. The molecular formula is C18H21N3O. The van der Waals surface area contributed by atoms with Crippen molar-refractivity contribution in [3.05, 3.63) is 36.0 Å². The monoisotopic (exact) mass is 295 g/mol. The predicted octanol–water partition coefficient (Wildman–Crippen LogP) is 3.50. The van der Waals surface area contributed by atoms with Gasteiger partial charge in [0.1, 0.15) is 6.07 Å². The van der Waals surface area contributed by atoms with Crippen molar-refractivity contribution in [1.29, 1.82) is 5.26 Å². The second-order valence-corrected chi connectivity index (χ2v) is 5.91. The van der Waals surface area contributed by atoms with Crippen LogP contribution in [0.2, 0.25) is 0 Å². The molecule has 0 unspecified atom stereocenters. The summed E-state index contributed by atoms with van der Waals surface area (Å²) in [4.78, 5) is 6.78. The molecule has 0 saturated carbocycles. The maximum Gasteiger partial charge on any atom is 0.101 e. The lowest BCUT2D eigenvalue weighted by molar-refractivity contribution is -0.0198. The van der Waals surface area contributed by atoms with Gasteiger partial charge in [0.05, 0.1) is 23.3 Å². The van der Waals surface area contributed by atoms with Crippen LogP contribution in [0.15, 0.2) is 30.5 Å². The standard InChI is InChI=1S/C18H21N3O/c1-3-5-15-12-21(11-13(2)22-15)17-8-7-14(10-19)18-16(17)6-4-9-20-18/h4,6-9,13,15H,3,5,11-12H2,1-2H3/t13-,15+/m1/s1. The van der Waals surface area contributed by atoms with Crippen LogP contribution in [0.1, 0.15) is 32.3 Å². The lowest BCUT2D eigenvalue weighted by Crippen LogP contribution is -2.46. The minimum Gasteiger partial charge on any atom is -0.372 e. The minimum absolute atomic E-state index is 0.215. The van der Waals surface area contributed by atoms with Crippen molar-refractivity contribution in [3.8, 4) is 6.07 Å². The molecule has 1 saturated heterocycles. The van der Waals surface area contributed by atoms with Gasteiger partial charge in [0.25, 0.3) is 0 Å². The van der Waals surface area contributed by atoms with Gasteiger partial charge in [-0.05, 0) is 37.6 Å². The fraction of sp³-hybridized carbons (Fsp3) is 0.444. The van der Waals surface area contributed by atoms with Gasteiger partial charge in [-0.25, -0.2) is 0 Å². The highest BCUT2D eigenvalue weighted by Crippen LogP contribution is 2.30. The van der Waals surface area contributed by atoms with Crippen molar-refractivity contribution >= 4 is 16.6 Å². The third-order valence-electron chi connectivity index (χ3n) is 4.14. The third-order valence-corrected chi connectivity index (χ3v) is 4.14. The topological polar surface area (TPSA) is 49.2 Å². The van der Waals surface area contributed by atoms with Crippen molar-refractivity contribution in [1.82, 2.24) is 4.98 Å². The first-order chi connectivity index (χ1) is 10.7. The molecule has 0 N–H and O–H groups in total. The van der Waals surface area contributed by atoms with Gasteiger partial charge in [0.15, 0.2) is 0 Å². The highest BCUT2D eigenvalue weighted by Gasteiger charge is 2.26. The predicted molar refractivity (Wildman–Crippen MR) is 87.9 cm³/mol. The van der Waals surface area contributed by atoms with Gasteiger partial charge in [-0.15, -0.1) is 0 Å². The summed E-state index contributed by atoms with van der Waals surface area (Å²) in [6, 6.07) is 10.1. The number of anilines is 1. The Labute approximate surface area is 131 Å². The fourth-order valence-corrected chi connectivity index (χ4v) is 3.25. The average molecular weight is 295 g/mol. The molecule has 4 heteroatoms. The van der Waals surface area contributed by atoms with Crippen LogP contribution in [0.5, 0.6) is 0 Å². The number of fused-ring (bicyclic) bond motifs is 1. The van der Waals surface area contributed by atoms with Crippen molar-refractivity contribution in [2.75, 3.05) is 18.0 Å². The molecule has 0 spiro atoms. The molecule has 0 bridgehead atoms. The Morgan fingerprint density at radius 3 is 3.00 bits per heavy atom. The van der Waals surface area contributed by atoms with E-state index in [-0.39, 0.29) is 12.2 Å². The number of morpholine rings is 1. The zero-order valence-electron chi connectivity index (χ0n) is 13.1. The molecule has 22 heavy (non-hydrogen) atoms. The summed E-state index contributed by atoms with van der Waals surface area (Å²) in [6.07, 6.45) is 4.44. The molecule has 0 amide bonds. The van der Waals surface area contributed by atoms with Crippen LogP contribution in [-0.2, 0) is 4.74 Å². The maximum absolute atomic E-state index is 9.27. The summed E-state index contributed by atoms with van der Waals surface area (Å²) in [5.74, 6) is 0. The normalized spacial score (nSPS) is 21.8. The van der Waals surface area contributed by atoms with Crippen molar-refractivity contribution in [2.45, 2.75) is 38.9 Å². The summed E-state index contributed by atoms with van der Waals surface area (Å²) in [5, 5.41) is 10.3. The first kappa shape index (κ1) is 14.8. The SMILES string of the molecule is CCC[C@H]1CN(c2ccc(C#N)c3ncccc23)C[C@@H](C)O1. The van der Waals surface area contributed by atoms with Crippen LogP contribution >= 0.6 is 0 Å². The van der Waals surface area contributed by atoms with E-state index in [1.54, 1.807) is 6.20 Å². The van der Waals surface area contributed by atoms with Gasteiger partial charge >= 0.3 is 0 Å². The molecule has 2 heterocycles. The molecule has 0 radical (unpaired) electrons. The summed E-state index contributed by atoms with van der Waals surface area (Å²) in [7, 11) is 0. The van der Waals surface area contributed by atoms with Crippen LogP contribution in [0.25, 0.3) is 10.9 Å². The Balaban J connectivity index is 2.01. The first-order valence-corrected chi connectivity index (χ1v) is 7.91. The highest BCUT2D eigenvalue weighted by molar-refractivity contribution is 5.95. The molecule has 2 atom stereocenters. The molecular weight excluding hydrogens is 274 g/mol. The Morgan fingerprint density at radius 2 is 2.23 bits per heavy atom. The first-order valence-electron chi connectivity index (χ1n) is 7.91. The fourth-order valence-electron chi connectivity index (χ4n) is 3.25. The lowest BCUT2D eigenvalue weighted by atomic mass is 10.1. The van der Waals surface area contributed by atoms with E-state index in [0.717, 1.165) is 42.5 Å². The number of hydrogen-bond donors (Lipinski definition) is 0. The highest BCUT2D eigenvalue weighted by atomic mass is 16.5. The minimum atomic E-state index is 0.215. The molecule has 1 aliphatic heterocycles. The zero-order valence-corrected chi connectivity index (χ0v) is 13.1. The van der Waals surface area contributed by atoms with Gasteiger partial charge in [-0.1, -0.05) is 13.3 Å². The number of pyridine rings is 1. The Hall–Kier alpha value is -2.12. The van der Waals surface area contributed by atoms with E-state index in [4.69, 9.17) is 4.74 Å². The molecule has 1 fully saturated rings. The second-order valence-electron chi connectivity index (χ2n) is 5.91. The summed E-state index contributed by atoms with van der Waals surface area (Å²) < 4.78 is 6.03. The van der Waals surface area contributed by atoms with E-state index in [2.05, 4.69) is 29.8 Å². The number of benzene rings is 1. The van der Waals surface area contributed by atoms with E-state index in [0.29, 0.717) is 5.56 Å². The molecule has 1 aromatic carbocycles. The van der Waals surface area contributed by atoms with Gasteiger partial charge in [0.2, 0.25) is 0 Å². The third kappa shape index (κ3) is 2.77. The van der Waals surface area contributed by atoms with Crippen LogP contribution < -0.4 is 4.90 Å². The number of rotatable bonds is 3. The Bertz CT molecular complexity index is 707. The maximum atomic E-state index is 9.27. The smallest absolute Gasteiger partial charge is 0.101 e. The molecule has 114 valence electrons. The molecule has 1 aliphatic rings. The second kappa shape index (κ2) is 6.33. The van der Waals surface area contributed by atoms with Gasteiger partial charge in [-0.3, -0.25) is 4.98 Å². The summed E-state index contributed by atoms with van der Waals surface area (Å²) in [5.41, 5.74) is 2.57. The van der Waals surface area contributed by atoms with Crippen molar-refractivity contribution < 1.29 is 4.74 Å². The molecule has 1 aromatic heterocycles. The number of aromatic nitrogens is 1. The number of hydrogen-bond acceptors (Lipinski definition) is 4. The van der Waals surface area contributed by atoms with Crippen LogP contribution in [0.3, 0.4) is 0 Å². The van der Waals surface area contributed by atoms with Crippen LogP contribution in [0, 0.1) is 11.3 Å². The van der Waals surface area contributed by atoms with E-state index >= 15 is 0 Å². The van der Waals surface area contributed by atoms with Crippen LogP contribution in [-0.4, -0.2) is 30.3 Å². The molecule has 4 nitrogen and oxygen atoms in total. The summed E-state index contributed by atoms with van der Waals surface area (Å²) >= 11 is 0. The molecule has 0 aliphatic carbocycles. The van der Waals surface area contributed by atoms with E-state index < -0.39 is 0 Å². The number of nitriles is 1. The summed E-state index contributed by atoms with van der Waals surface area (Å²) in [6.45, 7) is 6.08. The Kier molecular flexibility index (Phi) is 4.26. The van der Waals surface area contributed by atoms with Crippen LogP contribution in [0.4, 0.5) is 5.69 Å². The number of ether oxygens (including phenoxy) is 1. The zero-order chi connectivity index (χ0) is 15.5. The quantitative estimate of drug-likeness (QED) is 0.869. The van der Waals surface area contributed by atoms with Gasteiger partial charge < -0.3 is 9.64 Å². The van der Waals surface area contributed by atoms with Crippen molar-refractivity contribution in [3.63, 3.8) is 0 Å². The van der Waals surface area contributed by atoms with E-state index in [1.165, 1.54) is 0 Å². The molecule has 3 rings (SSSR count). The van der Waals surface area contributed by atoms with Gasteiger partial charge in [-0.2, -0.15) is 5.26 Å². The lowest BCUT2D eigenvalue weighted by Gasteiger charge is -2.38. The largest absolute Gasteiger partial charge is 0.372 e. The van der Waals surface area contributed by atoms with E-state index in [9.17, 15) is 5.26 Å². The average Bonchev–Trinajstić information content (AvgIpc) is 2.53. The van der Waals surface area contributed by atoms with Crippen molar-refractivity contribution in [2.24, 2.45) is 0 Å². The number of nitrogens with zero attached hydrogens (tertiary/aromatic N) is 3. The Morgan fingerprint density at radius 1 is 1.36 bits per heavy atom. The van der Waals surface area contributed by atoms with Gasteiger partial charge in [0, 0.05) is 30.4 Å².